The first-order valence-corrected chi connectivity index (χ1v) is 10.8. The Bertz CT molecular complexity index is 739. The third kappa shape index (κ3) is 3.47. The monoisotopic (exact) mass is 382 g/mol. The van der Waals surface area contributed by atoms with E-state index in [4.69, 9.17) is 0 Å². The van der Waals surface area contributed by atoms with E-state index in [2.05, 4.69) is 5.32 Å². The van der Waals surface area contributed by atoms with Crippen LogP contribution in [0.15, 0.2) is 30.3 Å². The third-order valence-corrected chi connectivity index (χ3v) is 6.93. The molecule has 3 amide bonds. The van der Waals surface area contributed by atoms with Crippen molar-refractivity contribution in [3.63, 3.8) is 0 Å². The minimum Gasteiger partial charge on any atom is -0.353 e. The second kappa shape index (κ2) is 8.06. The molecule has 0 radical (unpaired) electrons. The normalized spacial score (nSPS) is 31.4. The minimum absolute atomic E-state index is 0.0233. The number of imide groups is 1. The average Bonchev–Trinajstić information content (AvgIpc) is 2.85. The molecular weight excluding hydrogens is 352 g/mol. The minimum atomic E-state index is -0.526. The lowest BCUT2D eigenvalue weighted by Gasteiger charge is -2.34. The number of nitrogens with one attached hydrogen (secondary N) is 1. The molecule has 3 aliphatic rings. The van der Waals surface area contributed by atoms with Gasteiger partial charge in [0.1, 0.15) is 0 Å². The Morgan fingerprint density at radius 1 is 0.893 bits per heavy atom. The lowest BCUT2D eigenvalue weighted by Crippen LogP contribution is -2.46. The topological polar surface area (TPSA) is 66.5 Å². The van der Waals surface area contributed by atoms with E-state index >= 15 is 0 Å². The molecule has 3 fully saturated rings. The fourth-order valence-corrected chi connectivity index (χ4v) is 5.39. The molecule has 0 aromatic heterocycles. The molecule has 5 heteroatoms. The summed E-state index contributed by atoms with van der Waals surface area (Å²) in [6.45, 7) is 2.04. The maximum Gasteiger partial charge on any atom is 0.238 e. The summed E-state index contributed by atoms with van der Waals surface area (Å²) in [5.41, 5.74) is 0.613. The van der Waals surface area contributed by atoms with Crippen LogP contribution in [0, 0.1) is 23.7 Å². The number of amides is 3. The van der Waals surface area contributed by atoms with Crippen molar-refractivity contribution >= 4 is 23.4 Å². The van der Waals surface area contributed by atoms with Crippen molar-refractivity contribution < 1.29 is 14.4 Å². The van der Waals surface area contributed by atoms with Gasteiger partial charge in [0.15, 0.2) is 0 Å². The van der Waals surface area contributed by atoms with Crippen LogP contribution >= 0.6 is 0 Å². The standard InChI is InChI=1S/C23H30N2O3/c1-15-13-14-18(21(26)24-16-9-5-2-3-6-10-16)20-19(15)22(27)25(23(20)28)17-11-7-4-8-12-17/h4,7-8,11-12,15-16,18-20H,2-3,5-6,9-10,13-14H2,1H3,(H,24,26)/t15-,18+,19+,20+/m1/s1. The van der Waals surface area contributed by atoms with E-state index in [1.807, 2.05) is 25.1 Å². The zero-order valence-corrected chi connectivity index (χ0v) is 16.6. The second-order valence-corrected chi connectivity index (χ2v) is 8.76. The van der Waals surface area contributed by atoms with E-state index in [0.29, 0.717) is 12.1 Å². The molecule has 5 nitrogen and oxygen atoms in total. The summed E-state index contributed by atoms with van der Waals surface area (Å²) < 4.78 is 0. The quantitative estimate of drug-likeness (QED) is 0.641. The van der Waals surface area contributed by atoms with Crippen LogP contribution in [-0.2, 0) is 14.4 Å². The summed E-state index contributed by atoms with van der Waals surface area (Å²) in [5.74, 6) is -1.54. The van der Waals surface area contributed by atoms with E-state index in [0.717, 1.165) is 32.1 Å². The summed E-state index contributed by atoms with van der Waals surface area (Å²) >= 11 is 0. The van der Waals surface area contributed by atoms with Gasteiger partial charge in [0.05, 0.1) is 23.4 Å². The molecule has 2 saturated carbocycles. The number of hydrogen-bond donors (Lipinski definition) is 1. The molecule has 2 aliphatic carbocycles. The molecule has 1 aliphatic heterocycles. The molecule has 0 unspecified atom stereocenters. The zero-order chi connectivity index (χ0) is 19.7. The van der Waals surface area contributed by atoms with Gasteiger partial charge < -0.3 is 5.32 Å². The Balaban J connectivity index is 1.56. The summed E-state index contributed by atoms with van der Waals surface area (Å²) in [6.07, 6.45) is 8.30. The average molecular weight is 383 g/mol. The highest BCUT2D eigenvalue weighted by molar-refractivity contribution is 6.23. The predicted molar refractivity (Wildman–Crippen MR) is 107 cm³/mol. The summed E-state index contributed by atoms with van der Waals surface area (Å²) in [7, 11) is 0. The third-order valence-electron chi connectivity index (χ3n) is 6.93. The molecule has 0 bridgehead atoms. The van der Waals surface area contributed by atoms with Crippen molar-refractivity contribution in [1.82, 2.24) is 5.32 Å². The molecular formula is C23H30N2O3. The number of fused-ring (bicyclic) bond motifs is 1. The molecule has 0 spiro atoms. The smallest absolute Gasteiger partial charge is 0.238 e. The van der Waals surface area contributed by atoms with E-state index in [-0.39, 0.29) is 35.6 Å². The van der Waals surface area contributed by atoms with Crippen molar-refractivity contribution in [2.75, 3.05) is 4.90 Å². The van der Waals surface area contributed by atoms with E-state index in [9.17, 15) is 14.4 Å². The Morgan fingerprint density at radius 3 is 2.21 bits per heavy atom. The maximum absolute atomic E-state index is 13.3. The SMILES string of the molecule is C[C@@H]1CC[C@H](C(=O)NC2CCCCCC2)[C@@H]2C(=O)N(c3ccccc3)C(=O)[C@H]21. The largest absolute Gasteiger partial charge is 0.353 e. The van der Waals surface area contributed by atoms with Crippen LogP contribution in [0.2, 0.25) is 0 Å². The number of para-hydroxylation sites is 1. The number of anilines is 1. The summed E-state index contributed by atoms with van der Waals surface area (Å²) in [5, 5.41) is 3.23. The van der Waals surface area contributed by atoms with Gasteiger partial charge in [-0.05, 0) is 43.7 Å². The van der Waals surface area contributed by atoms with Crippen LogP contribution in [0.1, 0.15) is 58.3 Å². The first kappa shape index (κ1) is 19.2. The van der Waals surface area contributed by atoms with E-state index in [1.54, 1.807) is 12.1 Å². The molecule has 4 rings (SSSR count). The van der Waals surface area contributed by atoms with Crippen molar-refractivity contribution in [3.05, 3.63) is 30.3 Å². The lowest BCUT2D eigenvalue weighted by atomic mass is 9.68. The molecule has 28 heavy (non-hydrogen) atoms. The van der Waals surface area contributed by atoms with Crippen LogP contribution in [0.5, 0.6) is 0 Å². The molecule has 1 aromatic carbocycles. The van der Waals surface area contributed by atoms with E-state index in [1.165, 1.54) is 17.7 Å². The first-order valence-electron chi connectivity index (χ1n) is 10.8. The van der Waals surface area contributed by atoms with Crippen LogP contribution in [0.25, 0.3) is 0 Å². The van der Waals surface area contributed by atoms with Gasteiger partial charge in [0.2, 0.25) is 17.7 Å². The number of hydrogen-bond acceptors (Lipinski definition) is 3. The Hall–Kier alpha value is -2.17. The van der Waals surface area contributed by atoms with Crippen molar-refractivity contribution in [1.29, 1.82) is 0 Å². The van der Waals surface area contributed by atoms with Gasteiger partial charge in [0, 0.05) is 6.04 Å². The number of benzene rings is 1. The highest BCUT2D eigenvalue weighted by Crippen LogP contribution is 2.46. The van der Waals surface area contributed by atoms with Crippen molar-refractivity contribution in [2.24, 2.45) is 23.7 Å². The summed E-state index contributed by atoms with van der Waals surface area (Å²) in [6, 6.07) is 9.32. The number of nitrogens with zero attached hydrogens (tertiary/aromatic N) is 1. The van der Waals surface area contributed by atoms with Crippen LogP contribution < -0.4 is 10.2 Å². The molecule has 1 N–H and O–H groups in total. The summed E-state index contributed by atoms with van der Waals surface area (Å²) in [4.78, 5) is 40.9. The van der Waals surface area contributed by atoms with Crippen LogP contribution in [0.4, 0.5) is 5.69 Å². The Morgan fingerprint density at radius 2 is 1.54 bits per heavy atom. The van der Waals surface area contributed by atoms with Crippen LogP contribution in [0.3, 0.4) is 0 Å². The molecule has 1 aromatic rings. The second-order valence-electron chi connectivity index (χ2n) is 8.76. The van der Waals surface area contributed by atoms with Gasteiger partial charge >= 0.3 is 0 Å². The molecule has 1 heterocycles. The fraction of sp³-hybridized carbons (Fsp3) is 0.609. The van der Waals surface area contributed by atoms with E-state index < -0.39 is 11.8 Å². The lowest BCUT2D eigenvalue weighted by molar-refractivity contribution is -0.137. The van der Waals surface area contributed by atoms with Crippen molar-refractivity contribution in [2.45, 2.75) is 64.3 Å². The zero-order valence-electron chi connectivity index (χ0n) is 16.6. The van der Waals surface area contributed by atoms with Gasteiger partial charge in [-0.3, -0.25) is 19.3 Å². The Kier molecular flexibility index (Phi) is 5.51. The molecule has 150 valence electrons. The number of rotatable bonds is 3. The van der Waals surface area contributed by atoms with Crippen LogP contribution in [-0.4, -0.2) is 23.8 Å². The molecule has 4 atom stereocenters. The van der Waals surface area contributed by atoms with Gasteiger partial charge in [-0.1, -0.05) is 50.8 Å². The highest BCUT2D eigenvalue weighted by atomic mass is 16.2. The van der Waals surface area contributed by atoms with Gasteiger partial charge in [-0.25, -0.2) is 0 Å². The number of carbonyl (C=O) groups is 3. The predicted octanol–water partition coefficient (Wildman–Crippen LogP) is 3.68. The maximum atomic E-state index is 13.3. The van der Waals surface area contributed by atoms with Gasteiger partial charge in [0.25, 0.3) is 0 Å². The first-order chi connectivity index (χ1) is 13.6. The van der Waals surface area contributed by atoms with Gasteiger partial charge in [-0.2, -0.15) is 0 Å². The molecule has 1 saturated heterocycles. The van der Waals surface area contributed by atoms with Crippen molar-refractivity contribution in [3.8, 4) is 0 Å². The number of carbonyl (C=O) groups excluding carboxylic acids is 3. The fourth-order valence-electron chi connectivity index (χ4n) is 5.39. The Labute approximate surface area is 166 Å². The van der Waals surface area contributed by atoms with Gasteiger partial charge in [-0.15, -0.1) is 0 Å². The highest BCUT2D eigenvalue weighted by Gasteiger charge is 2.56.